The summed E-state index contributed by atoms with van der Waals surface area (Å²) in [6.07, 6.45) is 3.37. The standard InChI is InChI=1S/C13H22ClN3O2S/c1-4-6-16-9-13(15-11(16)3)20(18,19)17-7-5-10(2)12(14)8-17/h9-10,12H,4-8H2,1-3H3. The second-order valence-electron chi connectivity index (χ2n) is 5.46. The SMILES string of the molecule is CCCn1cc(S(=O)(=O)N2CCC(C)C(Cl)C2)nc1C. The van der Waals surface area contributed by atoms with Crippen molar-refractivity contribution in [3.8, 4) is 0 Å². The molecular weight excluding hydrogens is 298 g/mol. The summed E-state index contributed by atoms with van der Waals surface area (Å²) in [5.41, 5.74) is 0. The summed E-state index contributed by atoms with van der Waals surface area (Å²) < 4.78 is 28.5. The fourth-order valence-corrected chi connectivity index (χ4v) is 4.27. The predicted octanol–water partition coefficient (Wildman–Crippen LogP) is 2.24. The highest BCUT2D eigenvalue weighted by Crippen LogP contribution is 2.26. The van der Waals surface area contributed by atoms with Crippen LogP contribution < -0.4 is 0 Å². The Morgan fingerprint density at radius 3 is 2.80 bits per heavy atom. The molecule has 1 saturated heterocycles. The van der Waals surface area contributed by atoms with E-state index in [0.29, 0.717) is 19.0 Å². The minimum Gasteiger partial charge on any atom is -0.334 e. The Morgan fingerprint density at radius 1 is 1.50 bits per heavy atom. The average Bonchev–Trinajstić information content (AvgIpc) is 2.75. The van der Waals surface area contributed by atoms with Crippen LogP contribution in [0.5, 0.6) is 0 Å². The summed E-state index contributed by atoms with van der Waals surface area (Å²) >= 11 is 6.21. The summed E-state index contributed by atoms with van der Waals surface area (Å²) in [5, 5.41) is 0.0132. The molecule has 1 fully saturated rings. The summed E-state index contributed by atoms with van der Waals surface area (Å²) in [4.78, 5) is 4.21. The molecule has 7 heteroatoms. The van der Waals surface area contributed by atoms with E-state index in [1.54, 1.807) is 6.20 Å². The van der Waals surface area contributed by atoms with Crippen molar-refractivity contribution in [1.82, 2.24) is 13.9 Å². The van der Waals surface area contributed by atoms with E-state index in [4.69, 9.17) is 11.6 Å². The van der Waals surface area contributed by atoms with Crippen molar-refractivity contribution < 1.29 is 8.42 Å². The van der Waals surface area contributed by atoms with Gasteiger partial charge in [-0.05, 0) is 25.7 Å². The lowest BCUT2D eigenvalue weighted by Crippen LogP contribution is -2.43. The van der Waals surface area contributed by atoms with Gasteiger partial charge in [0.05, 0.1) is 0 Å². The molecule has 2 heterocycles. The molecule has 1 aromatic rings. The first kappa shape index (κ1) is 15.8. The van der Waals surface area contributed by atoms with Gasteiger partial charge >= 0.3 is 0 Å². The molecule has 2 unspecified atom stereocenters. The highest BCUT2D eigenvalue weighted by atomic mass is 35.5. The molecule has 114 valence electrons. The van der Waals surface area contributed by atoms with Crippen molar-refractivity contribution >= 4 is 21.6 Å². The summed E-state index contributed by atoms with van der Waals surface area (Å²) in [7, 11) is -3.52. The molecule has 0 radical (unpaired) electrons. The first-order chi connectivity index (χ1) is 9.36. The number of piperidine rings is 1. The second kappa shape index (κ2) is 6.03. The monoisotopic (exact) mass is 319 g/mol. The maximum Gasteiger partial charge on any atom is 0.262 e. The lowest BCUT2D eigenvalue weighted by molar-refractivity contribution is 0.292. The predicted molar refractivity (Wildman–Crippen MR) is 79.4 cm³/mol. The summed E-state index contributed by atoms with van der Waals surface area (Å²) in [6.45, 7) is 7.61. The number of hydrogen-bond donors (Lipinski definition) is 0. The Labute approximate surface area is 126 Å². The highest BCUT2D eigenvalue weighted by Gasteiger charge is 2.34. The number of imidazole rings is 1. The number of alkyl halides is 1. The van der Waals surface area contributed by atoms with Gasteiger partial charge in [-0.25, -0.2) is 13.4 Å². The molecule has 1 aliphatic rings. The number of rotatable bonds is 4. The van der Waals surface area contributed by atoms with E-state index in [0.717, 1.165) is 25.2 Å². The molecule has 0 saturated carbocycles. The van der Waals surface area contributed by atoms with E-state index in [2.05, 4.69) is 18.8 Å². The van der Waals surface area contributed by atoms with Crippen LogP contribution in [-0.4, -0.2) is 40.7 Å². The van der Waals surface area contributed by atoms with E-state index in [9.17, 15) is 8.42 Å². The van der Waals surface area contributed by atoms with Gasteiger partial charge < -0.3 is 4.57 Å². The van der Waals surface area contributed by atoms with Crippen molar-refractivity contribution in [2.45, 2.75) is 50.6 Å². The molecule has 2 atom stereocenters. The van der Waals surface area contributed by atoms with Gasteiger partial charge in [0.2, 0.25) is 0 Å². The van der Waals surface area contributed by atoms with Crippen LogP contribution >= 0.6 is 11.6 Å². The van der Waals surface area contributed by atoms with Gasteiger partial charge in [-0.15, -0.1) is 11.6 Å². The van der Waals surface area contributed by atoms with Gasteiger partial charge in [-0.1, -0.05) is 13.8 Å². The van der Waals surface area contributed by atoms with Crippen LogP contribution in [0.25, 0.3) is 0 Å². The molecule has 0 spiro atoms. The summed E-state index contributed by atoms with van der Waals surface area (Å²) in [5.74, 6) is 1.08. The molecule has 1 aromatic heterocycles. The van der Waals surface area contributed by atoms with Crippen molar-refractivity contribution in [3.63, 3.8) is 0 Å². The molecule has 0 aromatic carbocycles. The Bertz CT molecular complexity index is 570. The van der Waals surface area contributed by atoms with Crippen LogP contribution in [0, 0.1) is 12.8 Å². The number of aryl methyl sites for hydroxylation is 2. The number of sulfonamides is 1. The van der Waals surface area contributed by atoms with Crippen LogP contribution in [0.15, 0.2) is 11.2 Å². The first-order valence-electron chi connectivity index (χ1n) is 7.04. The lowest BCUT2D eigenvalue weighted by Gasteiger charge is -2.32. The normalized spacial score (nSPS) is 25.0. The van der Waals surface area contributed by atoms with Crippen LogP contribution in [0.4, 0.5) is 0 Å². The fraction of sp³-hybridized carbons (Fsp3) is 0.769. The molecule has 0 bridgehead atoms. The van der Waals surface area contributed by atoms with E-state index >= 15 is 0 Å². The Hall–Kier alpha value is -0.590. The lowest BCUT2D eigenvalue weighted by atomic mass is 10.0. The second-order valence-corrected chi connectivity index (χ2v) is 7.91. The molecule has 5 nitrogen and oxygen atoms in total. The van der Waals surface area contributed by atoms with Crippen molar-refractivity contribution in [1.29, 1.82) is 0 Å². The van der Waals surface area contributed by atoms with Gasteiger partial charge in [-0.3, -0.25) is 0 Å². The van der Waals surface area contributed by atoms with Crippen LogP contribution in [0.2, 0.25) is 0 Å². The fourth-order valence-electron chi connectivity index (χ4n) is 2.42. The van der Waals surface area contributed by atoms with Crippen LogP contribution in [0.1, 0.15) is 32.5 Å². The average molecular weight is 320 g/mol. The Morgan fingerprint density at radius 2 is 2.20 bits per heavy atom. The van der Waals surface area contributed by atoms with E-state index in [-0.39, 0.29) is 10.4 Å². The van der Waals surface area contributed by atoms with E-state index in [1.807, 2.05) is 11.5 Å². The van der Waals surface area contributed by atoms with E-state index in [1.165, 1.54) is 4.31 Å². The van der Waals surface area contributed by atoms with Gasteiger partial charge in [0.15, 0.2) is 5.03 Å². The zero-order valence-corrected chi connectivity index (χ0v) is 13.8. The van der Waals surface area contributed by atoms with Gasteiger partial charge in [0.1, 0.15) is 5.82 Å². The third-order valence-corrected chi connectivity index (χ3v) is 6.16. The first-order valence-corrected chi connectivity index (χ1v) is 8.92. The molecule has 0 aliphatic carbocycles. The largest absolute Gasteiger partial charge is 0.334 e. The summed E-state index contributed by atoms with van der Waals surface area (Å²) in [6, 6.07) is 0. The molecular formula is C13H22ClN3O2S. The van der Waals surface area contributed by atoms with Crippen molar-refractivity contribution in [2.75, 3.05) is 13.1 Å². The van der Waals surface area contributed by atoms with Gasteiger partial charge in [0, 0.05) is 31.2 Å². The minimum absolute atomic E-state index is 0.127. The molecule has 0 N–H and O–H groups in total. The number of nitrogens with zero attached hydrogens (tertiary/aromatic N) is 3. The van der Waals surface area contributed by atoms with E-state index < -0.39 is 10.0 Å². The number of aromatic nitrogens is 2. The zero-order valence-electron chi connectivity index (χ0n) is 12.2. The van der Waals surface area contributed by atoms with Crippen LogP contribution in [-0.2, 0) is 16.6 Å². The zero-order chi connectivity index (χ0) is 14.9. The smallest absolute Gasteiger partial charge is 0.262 e. The molecule has 20 heavy (non-hydrogen) atoms. The van der Waals surface area contributed by atoms with Gasteiger partial charge in [-0.2, -0.15) is 4.31 Å². The van der Waals surface area contributed by atoms with Gasteiger partial charge in [0.25, 0.3) is 10.0 Å². The quantitative estimate of drug-likeness (QED) is 0.800. The third-order valence-electron chi connectivity index (χ3n) is 3.85. The maximum atomic E-state index is 12.6. The Kier molecular flexibility index (Phi) is 4.76. The highest BCUT2D eigenvalue weighted by molar-refractivity contribution is 7.89. The minimum atomic E-state index is -3.52. The Balaban J connectivity index is 2.24. The third kappa shape index (κ3) is 3.02. The number of hydrogen-bond acceptors (Lipinski definition) is 3. The van der Waals surface area contributed by atoms with Crippen molar-refractivity contribution in [3.05, 3.63) is 12.0 Å². The number of halogens is 1. The molecule has 1 aliphatic heterocycles. The molecule has 2 rings (SSSR count). The van der Waals surface area contributed by atoms with Crippen molar-refractivity contribution in [2.24, 2.45) is 5.92 Å². The van der Waals surface area contributed by atoms with Crippen LogP contribution in [0.3, 0.4) is 0 Å². The molecule has 0 amide bonds. The maximum absolute atomic E-state index is 12.6. The topological polar surface area (TPSA) is 55.2 Å².